The van der Waals surface area contributed by atoms with Crippen LogP contribution in [0.15, 0.2) is 24.3 Å². The summed E-state index contributed by atoms with van der Waals surface area (Å²) < 4.78 is 9.88. The number of hydrogen-bond donors (Lipinski definition) is 2. The quantitative estimate of drug-likeness (QED) is 0.778. The molecule has 0 spiro atoms. The Bertz CT molecular complexity index is 593. The van der Waals surface area contributed by atoms with Gasteiger partial charge in [-0.2, -0.15) is 0 Å². The van der Waals surface area contributed by atoms with Crippen LogP contribution in [0.25, 0.3) is 0 Å². The Morgan fingerprint density at radius 2 is 1.79 bits per heavy atom. The first-order valence-electron chi connectivity index (χ1n) is 7.65. The highest BCUT2D eigenvalue weighted by Gasteiger charge is 2.16. The van der Waals surface area contributed by atoms with Crippen LogP contribution in [0, 0.1) is 6.92 Å². The standard InChI is InChI=1S/C17H24N2O5/c1-12-7-5-6-8-13(12)19-14(20)11-23-15(21)9-10-18-16(22)24-17(2,3)4/h5-8H,9-11H2,1-4H3,(H,18,22)(H,19,20). The lowest BCUT2D eigenvalue weighted by Gasteiger charge is -2.19. The lowest BCUT2D eigenvalue weighted by molar-refractivity contribution is -0.147. The van der Waals surface area contributed by atoms with E-state index in [9.17, 15) is 14.4 Å². The van der Waals surface area contributed by atoms with Gasteiger partial charge < -0.3 is 20.1 Å². The van der Waals surface area contributed by atoms with E-state index >= 15 is 0 Å². The zero-order chi connectivity index (χ0) is 18.2. The molecular formula is C17H24N2O5. The molecule has 24 heavy (non-hydrogen) atoms. The first-order valence-corrected chi connectivity index (χ1v) is 7.65. The number of ether oxygens (including phenoxy) is 2. The summed E-state index contributed by atoms with van der Waals surface area (Å²) >= 11 is 0. The number of aryl methyl sites for hydroxylation is 1. The topological polar surface area (TPSA) is 93.7 Å². The summed E-state index contributed by atoms with van der Waals surface area (Å²) in [5.74, 6) is -0.997. The molecule has 132 valence electrons. The number of para-hydroxylation sites is 1. The molecule has 0 heterocycles. The van der Waals surface area contributed by atoms with Crippen LogP contribution in [0.1, 0.15) is 32.8 Å². The van der Waals surface area contributed by atoms with Gasteiger partial charge in [-0.1, -0.05) is 18.2 Å². The minimum absolute atomic E-state index is 0.0448. The van der Waals surface area contributed by atoms with Crippen molar-refractivity contribution >= 4 is 23.7 Å². The van der Waals surface area contributed by atoms with E-state index in [4.69, 9.17) is 9.47 Å². The van der Waals surface area contributed by atoms with Crippen molar-refractivity contribution in [3.8, 4) is 0 Å². The number of alkyl carbamates (subject to hydrolysis) is 1. The molecule has 0 bridgehead atoms. The number of anilines is 1. The summed E-state index contributed by atoms with van der Waals surface area (Å²) in [4.78, 5) is 34.7. The van der Waals surface area contributed by atoms with Crippen molar-refractivity contribution in [3.63, 3.8) is 0 Å². The second kappa shape index (κ2) is 8.90. The largest absolute Gasteiger partial charge is 0.456 e. The van der Waals surface area contributed by atoms with Gasteiger partial charge in [0.1, 0.15) is 5.60 Å². The number of carbonyl (C=O) groups is 3. The fourth-order valence-electron chi connectivity index (χ4n) is 1.70. The predicted octanol–water partition coefficient (Wildman–Crippen LogP) is 2.39. The monoisotopic (exact) mass is 336 g/mol. The molecule has 0 fully saturated rings. The predicted molar refractivity (Wildman–Crippen MR) is 89.6 cm³/mol. The van der Waals surface area contributed by atoms with Crippen LogP contribution in [0.3, 0.4) is 0 Å². The Labute approximate surface area is 141 Å². The van der Waals surface area contributed by atoms with Crippen LogP contribution in [0.4, 0.5) is 10.5 Å². The van der Waals surface area contributed by atoms with E-state index < -0.39 is 23.6 Å². The molecule has 7 heteroatoms. The second-order valence-corrected chi connectivity index (χ2v) is 6.20. The molecule has 0 atom stereocenters. The molecule has 0 aliphatic heterocycles. The van der Waals surface area contributed by atoms with Crippen molar-refractivity contribution in [1.82, 2.24) is 5.32 Å². The van der Waals surface area contributed by atoms with Gasteiger partial charge in [-0.25, -0.2) is 4.79 Å². The van der Waals surface area contributed by atoms with Gasteiger partial charge in [-0.15, -0.1) is 0 Å². The third kappa shape index (κ3) is 8.17. The highest BCUT2D eigenvalue weighted by atomic mass is 16.6. The van der Waals surface area contributed by atoms with Crippen LogP contribution in [-0.4, -0.2) is 36.7 Å². The van der Waals surface area contributed by atoms with Gasteiger partial charge in [-0.05, 0) is 39.3 Å². The van der Waals surface area contributed by atoms with Gasteiger partial charge in [0.15, 0.2) is 6.61 Å². The van der Waals surface area contributed by atoms with Crippen LogP contribution in [0.5, 0.6) is 0 Å². The van der Waals surface area contributed by atoms with Gasteiger partial charge in [0.05, 0.1) is 6.42 Å². The maximum atomic E-state index is 11.7. The van der Waals surface area contributed by atoms with E-state index in [1.807, 2.05) is 19.1 Å². The van der Waals surface area contributed by atoms with E-state index in [2.05, 4.69) is 10.6 Å². The number of rotatable bonds is 6. The molecule has 0 saturated heterocycles. The van der Waals surface area contributed by atoms with Crippen molar-refractivity contribution in [2.24, 2.45) is 0 Å². The van der Waals surface area contributed by atoms with Crippen LogP contribution in [0.2, 0.25) is 0 Å². The van der Waals surface area contributed by atoms with Crippen LogP contribution >= 0.6 is 0 Å². The minimum Gasteiger partial charge on any atom is -0.456 e. The van der Waals surface area contributed by atoms with Gasteiger partial charge in [0, 0.05) is 12.2 Å². The summed E-state index contributed by atoms with van der Waals surface area (Å²) in [7, 11) is 0. The summed E-state index contributed by atoms with van der Waals surface area (Å²) in [6.07, 6.45) is -0.649. The molecule has 7 nitrogen and oxygen atoms in total. The van der Waals surface area contributed by atoms with E-state index in [1.54, 1.807) is 32.9 Å². The molecule has 0 aromatic heterocycles. The average Bonchev–Trinajstić information content (AvgIpc) is 2.45. The van der Waals surface area contributed by atoms with E-state index in [1.165, 1.54) is 0 Å². The third-order valence-corrected chi connectivity index (χ3v) is 2.78. The zero-order valence-electron chi connectivity index (χ0n) is 14.5. The van der Waals surface area contributed by atoms with Crippen LogP contribution < -0.4 is 10.6 Å². The Hall–Kier alpha value is -2.57. The maximum absolute atomic E-state index is 11.7. The fraction of sp³-hybridized carbons (Fsp3) is 0.471. The van der Waals surface area contributed by atoms with Gasteiger partial charge >= 0.3 is 12.1 Å². The summed E-state index contributed by atoms with van der Waals surface area (Å²) in [6.45, 7) is 6.80. The van der Waals surface area contributed by atoms with Crippen molar-refractivity contribution in [2.75, 3.05) is 18.5 Å². The van der Waals surface area contributed by atoms with Gasteiger partial charge in [0.2, 0.25) is 0 Å². The van der Waals surface area contributed by atoms with Crippen molar-refractivity contribution in [1.29, 1.82) is 0 Å². The van der Waals surface area contributed by atoms with Crippen molar-refractivity contribution in [2.45, 2.75) is 39.7 Å². The van der Waals surface area contributed by atoms with E-state index in [-0.39, 0.29) is 19.6 Å². The van der Waals surface area contributed by atoms with Gasteiger partial charge in [-0.3, -0.25) is 9.59 Å². The van der Waals surface area contributed by atoms with Gasteiger partial charge in [0.25, 0.3) is 5.91 Å². The lowest BCUT2D eigenvalue weighted by atomic mass is 10.2. The summed E-state index contributed by atoms with van der Waals surface area (Å²) in [5.41, 5.74) is 0.988. The number of benzene rings is 1. The average molecular weight is 336 g/mol. The molecule has 0 saturated carbocycles. The second-order valence-electron chi connectivity index (χ2n) is 6.20. The molecule has 1 aromatic carbocycles. The van der Waals surface area contributed by atoms with E-state index in [0.717, 1.165) is 5.56 Å². The van der Waals surface area contributed by atoms with E-state index in [0.29, 0.717) is 5.69 Å². The van der Waals surface area contributed by atoms with Crippen molar-refractivity contribution in [3.05, 3.63) is 29.8 Å². The maximum Gasteiger partial charge on any atom is 0.407 e. The molecule has 1 rings (SSSR count). The Balaban J connectivity index is 2.23. The normalized spacial score (nSPS) is 10.7. The Morgan fingerprint density at radius 3 is 2.42 bits per heavy atom. The molecule has 0 aliphatic rings. The number of esters is 1. The molecule has 2 amide bonds. The minimum atomic E-state index is -0.604. The molecule has 0 aliphatic carbocycles. The number of hydrogen-bond acceptors (Lipinski definition) is 5. The third-order valence-electron chi connectivity index (χ3n) is 2.78. The zero-order valence-corrected chi connectivity index (χ0v) is 14.5. The number of amides is 2. The first-order chi connectivity index (χ1) is 11.2. The fourth-order valence-corrected chi connectivity index (χ4v) is 1.70. The summed E-state index contributed by atoms with van der Waals surface area (Å²) in [5, 5.41) is 5.10. The smallest absolute Gasteiger partial charge is 0.407 e. The molecule has 0 unspecified atom stereocenters. The molecular weight excluding hydrogens is 312 g/mol. The summed E-state index contributed by atoms with van der Waals surface area (Å²) in [6, 6.07) is 7.30. The SMILES string of the molecule is Cc1ccccc1NC(=O)COC(=O)CCNC(=O)OC(C)(C)C. The number of nitrogens with one attached hydrogen (secondary N) is 2. The molecule has 2 N–H and O–H groups in total. The first kappa shape index (κ1) is 19.5. The molecule has 1 aromatic rings. The molecule has 0 radical (unpaired) electrons. The Kier molecular flexibility index (Phi) is 7.23. The van der Waals surface area contributed by atoms with Crippen molar-refractivity contribution < 1.29 is 23.9 Å². The highest BCUT2D eigenvalue weighted by molar-refractivity contribution is 5.93. The number of carbonyl (C=O) groups excluding carboxylic acids is 3. The van der Waals surface area contributed by atoms with Crippen LogP contribution in [-0.2, 0) is 19.1 Å². The Morgan fingerprint density at radius 1 is 1.12 bits per heavy atom. The lowest BCUT2D eigenvalue weighted by Crippen LogP contribution is -2.34. The highest BCUT2D eigenvalue weighted by Crippen LogP contribution is 2.12.